The number of aromatic nitrogens is 2. The first-order valence-electron chi connectivity index (χ1n) is 8.62. The molecule has 2 rings (SSSR count). The first-order valence-corrected chi connectivity index (χ1v) is 10.3. The number of esters is 1. The van der Waals surface area contributed by atoms with E-state index in [1.807, 2.05) is 26.0 Å². The molecule has 0 saturated carbocycles. The summed E-state index contributed by atoms with van der Waals surface area (Å²) in [5.41, 5.74) is 10.3. The number of aryl methyl sites for hydroxylation is 2. The third-order valence-corrected chi connectivity index (χ3v) is 6.14. The van der Waals surface area contributed by atoms with E-state index in [9.17, 15) is 9.36 Å². The Morgan fingerprint density at radius 1 is 1.11 bits per heavy atom. The fourth-order valence-corrected chi connectivity index (χ4v) is 3.63. The number of rotatable bonds is 8. The van der Waals surface area contributed by atoms with Crippen LogP contribution in [-0.4, -0.2) is 42.8 Å². The molecule has 2 aromatic rings. The molecule has 8 nitrogen and oxygen atoms in total. The van der Waals surface area contributed by atoms with Gasteiger partial charge in [-0.25, -0.2) is 9.97 Å². The molecule has 0 aliphatic carbocycles. The van der Waals surface area contributed by atoms with Gasteiger partial charge in [-0.3, -0.25) is 9.36 Å². The van der Waals surface area contributed by atoms with E-state index < -0.39 is 19.6 Å². The summed E-state index contributed by atoms with van der Waals surface area (Å²) in [5.74, 6) is -0.521. The van der Waals surface area contributed by atoms with Gasteiger partial charge in [0.2, 0.25) is 0 Å². The molecule has 0 aliphatic rings. The minimum Gasteiger partial charge on any atom is -0.465 e. The van der Waals surface area contributed by atoms with Gasteiger partial charge in [0.25, 0.3) is 0 Å². The summed E-state index contributed by atoms with van der Waals surface area (Å²) in [4.78, 5) is 21.2. The Kier molecular flexibility index (Phi) is 7.06. The van der Waals surface area contributed by atoms with Crippen molar-refractivity contribution in [3.05, 3.63) is 34.6 Å². The number of nitrogens with two attached hydrogens (primary N) is 1. The van der Waals surface area contributed by atoms with Crippen LogP contribution < -0.4 is 5.73 Å². The van der Waals surface area contributed by atoms with Gasteiger partial charge in [0, 0.05) is 20.6 Å². The molecule has 0 bridgehead atoms. The summed E-state index contributed by atoms with van der Waals surface area (Å²) in [6.45, 7) is 5.92. The monoisotopic (exact) mass is 395 g/mol. The number of nitrogens with zero attached hydrogens (tertiary/aromatic N) is 2. The Morgan fingerprint density at radius 3 is 2.11 bits per heavy atom. The molecule has 9 heteroatoms. The second-order valence-electron chi connectivity index (χ2n) is 6.24. The fourth-order valence-electron chi connectivity index (χ4n) is 2.60. The molecule has 27 heavy (non-hydrogen) atoms. The number of hydrogen-bond acceptors (Lipinski definition) is 8. The summed E-state index contributed by atoms with van der Waals surface area (Å²) >= 11 is 0. The summed E-state index contributed by atoms with van der Waals surface area (Å²) in [7, 11) is -0.737. The lowest BCUT2D eigenvalue weighted by atomic mass is 10.1. The third kappa shape index (κ3) is 5.11. The fraction of sp³-hybridized carbons (Fsp3) is 0.500. The van der Waals surface area contributed by atoms with Crippen LogP contribution in [0.4, 0.5) is 0 Å². The molecule has 1 atom stereocenters. The van der Waals surface area contributed by atoms with Gasteiger partial charge >= 0.3 is 13.6 Å². The molecule has 0 amide bonds. The van der Waals surface area contributed by atoms with Crippen molar-refractivity contribution in [3.8, 4) is 0 Å². The molecule has 1 unspecified atom stereocenters. The van der Waals surface area contributed by atoms with E-state index >= 15 is 0 Å². The first kappa shape index (κ1) is 21.4. The van der Waals surface area contributed by atoms with E-state index in [1.165, 1.54) is 14.2 Å². The standard InChI is InChI=1S/C18H26N3O5P/c1-6-26-18(22)13(19)9-16-17(10-27(23,24-4)25-5)21-15-8-12(3)11(2)7-14(15)20-16/h7-8,13H,6,9-10,19H2,1-5H3. The van der Waals surface area contributed by atoms with Crippen LogP contribution in [-0.2, 0) is 35.7 Å². The molecule has 0 saturated heterocycles. The number of fused-ring (bicyclic) bond motifs is 1. The predicted molar refractivity (Wildman–Crippen MR) is 103 cm³/mol. The zero-order valence-electron chi connectivity index (χ0n) is 16.3. The van der Waals surface area contributed by atoms with Gasteiger partial charge in [0.1, 0.15) is 6.04 Å². The van der Waals surface area contributed by atoms with Crippen molar-refractivity contribution < 1.29 is 23.1 Å². The maximum absolute atomic E-state index is 12.6. The highest BCUT2D eigenvalue weighted by atomic mass is 31.2. The molecule has 1 heterocycles. The van der Waals surface area contributed by atoms with Gasteiger partial charge in [-0.2, -0.15) is 0 Å². The minimum absolute atomic E-state index is 0.0687. The maximum Gasteiger partial charge on any atom is 0.336 e. The van der Waals surface area contributed by atoms with Gasteiger partial charge in [-0.05, 0) is 44.0 Å². The molecular weight excluding hydrogens is 369 g/mol. The molecule has 0 fully saturated rings. The van der Waals surface area contributed by atoms with Crippen molar-refractivity contribution >= 4 is 24.6 Å². The Labute approximate surface area is 159 Å². The highest BCUT2D eigenvalue weighted by Gasteiger charge is 2.27. The second kappa shape index (κ2) is 8.89. The molecule has 1 aromatic carbocycles. The van der Waals surface area contributed by atoms with E-state index in [4.69, 9.17) is 19.5 Å². The van der Waals surface area contributed by atoms with Gasteiger partial charge in [-0.1, -0.05) is 0 Å². The Balaban J connectivity index is 2.53. The maximum atomic E-state index is 12.6. The van der Waals surface area contributed by atoms with Crippen molar-refractivity contribution in [1.82, 2.24) is 9.97 Å². The van der Waals surface area contributed by atoms with Crippen molar-refractivity contribution in [2.24, 2.45) is 5.73 Å². The van der Waals surface area contributed by atoms with E-state index in [0.717, 1.165) is 11.1 Å². The van der Waals surface area contributed by atoms with Crippen LogP contribution in [0.25, 0.3) is 11.0 Å². The Bertz CT molecular complexity index is 879. The summed E-state index contributed by atoms with van der Waals surface area (Å²) in [6, 6.07) is 2.94. The largest absolute Gasteiger partial charge is 0.465 e. The van der Waals surface area contributed by atoms with Crippen molar-refractivity contribution in [2.45, 2.75) is 39.4 Å². The van der Waals surface area contributed by atoms with E-state index in [-0.39, 0.29) is 19.2 Å². The Morgan fingerprint density at radius 2 is 1.63 bits per heavy atom. The molecular formula is C18H26N3O5P. The molecule has 0 aliphatic heterocycles. The van der Waals surface area contributed by atoms with E-state index in [1.54, 1.807) is 6.92 Å². The van der Waals surface area contributed by atoms with Crippen LogP contribution in [0.2, 0.25) is 0 Å². The minimum atomic E-state index is -3.37. The number of ether oxygens (including phenoxy) is 1. The van der Waals surface area contributed by atoms with Crippen LogP contribution >= 0.6 is 7.60 Å². The summed E-state index contributed by atoms with van der Waals surface area (Å²) < 4.78 is 27.7. The lowest BCUT2D eigenvalue weighted by Gasteiger charge is -2.17. The predicted octanol–water partition coefficient (Wildman–Crippen LogP) is 2.67. The quantitative estimate of drug-likeness (QED) is 0.536. The lowest BCUT2D eigenvalue weighted by Crippen LogP contribution is -2.35. The lowest BCUT2D eigenvalue weighted by molar-refractivity contribution is -0.144. The number of carbonyl (C=O) groups is 1. The zero-order chi connectivity index (χ0) is 20.2. The SMILES string of the molecule is CCOC(=O)C(N)Cc1nc2cc(C)c(C)cc2nc1CP(=O)(OC)OC. The highest BCUT2D eigenvalue weighted by Crippen LogP contribution is 2.49. The van der Waals surface area contributed by atoms with E-state index in [0.29, 0.717) is 22.4 Å². The van der Waals surface area contributed by atoms with Gasteiger partial charge in [0.15, 0.2) is 0 Å². The van der Waals surface area contributed by atoms with E-state index in [2.05, 4.69) is 9.97 Å². The highest BCUT2D eigenvalue weighted by molar-refractivity contribution is 7.52. The average Bonchev–Trinajstić information content (AvgIpc) is 2.63. The van der Waals surface area contributed by atoms with Crippen LogP contribution in [0.3, 0.4) is 0 Å². The van der Waals surface area contributed by atoms with Gasteiger partial charge in [-0.15, -0.1) is 0 Å². The van der Waals surface area contributed by atoms with Gasteiger partial charge in [0.05, 0.1) is 35.2 Å². The number of hydrogen-bond donors (Lipinski definition) is 1. The zero-order valence-corrected chi connectivity index (χ0v) is 17.2. The van der Waals surface area contributed by atoms with Crippen LogP contribution in [0, 0.1) is 13.8 Å². The van der Waals surface area contributed by atoms with Crippen molar-refractivity contribution in [2.75, 3.05) is 20.8 Å². The summed E-state index contributed by atoms with van der Waals surface area (Å²) in [5, 5.41) is 0. The first-order chi connectivity index (χ1) is 12.7. The van der Waals surface area contributed by atoms with Gasteiger partial charge < -0.3 is 19.5 Å². The summed E-state index contributed by atoms with van der Waals surface area (Å²) in [6.07, 6.45) is 0.0399. The Hall–Kier alpha value is -1.86. The molecule has 0 radical (unpaired) electrons. The van der Waals surface area contributed by atoms with Crippen molar-refractivity contribution in [1.29, 1.82) is 0 Å². The molecule has 1 aromatic heterocycles. The smallest absolute Gasteiger partial charge is 0.336 e. The van der Waals surface area contributed by atoms with Crippen LogP contribution in [0.1, 0.15) is 29.4 Å². The van der Waals surface area contributed by atoms with Crippen LogP contribution in [0.15, 0.2) is 12.1 Å². The molecule has 2 N–H and O–H groups in total. The average molecular weight is 395 g/mol. The number of benzene rings is 1. The number of carbonyl (C=O) groups excluding carboxylic acids is 1. The second-order valence-corrected chi connectivity index (χ2v) is 8.51. The van der Waals surface area contributed by atoms with Crippen molar-refractivity contribution in [3.63, 3.8) is 0 Å². The molecule has 0 spiro atoms. The third-order valence-electron chi connectivity index (χ3n) is 4.34. The molecule has 148 valence electrons. The normalized spacial score (nSPS) is 13.0. The van der Waals surface area contributed by atoms with Crippen LogP contribution in [0.5, 0.6) is 0 Å². The topological polar surface area (TPSA) is 114 Å².